The standard InChI is InChI=1S/C12H17NO3S/c1-2-16-11(8-3-4-8)12-13-9(7-17-12)5-6-10(14)15/h7-8,11H,2-6H2,1H3,(H,14,15). The Kier molecular flexibility index (Phi) is 4.12. The third-order valence-electron chi connectivity index (χ3n) is 2.80. The van der Waals surface area contributed by atoms with Gasteiger partial charge in [0.25, 0.3) is 0 Å². The third-order valence-corrected chi connectivity index (χ3v) is 3.76. The van der Waals surface area contributed by atoms with Crippen LogP contribution in [0.25, 0.3) is 0 Å². The molecule has 1 aromatic heterocycles. The molecule has 1 unspecified atom stereocenters. The molecule has 0 radical (unpaired) electrons. The van der Waals surface area contributed by atoms with E-state index in [1.54, 1.807) is 11.3 Å². The predicted molar refractivity (Wildman–Crippen MR) is 65.2 cm³/mol. The van der Waals surface area contributed by atoms with Crippen molar-refractivity contribution < 1.29 is 14.6 Å². The summed E-state index contributed by atoms with van der Waals surface area (Å²) >= 11 is 1.59. The van der Waals surface area contributed by atoms with Crippen molar-refractivity contribution in [3.05, 3.63) is 16.1 Å². The zero-order chi connectivity index (χ0) is 12.3. The molecule has 1 N–H and O–H groups in total. The summed E-state index contributed by atoms with van der Waals surface area (Å²) in [4.78, 5) is 15.0. The smallest absolute Gasteiger partial charge is 0.303 e. The summed E-state index contributed by atoms with van der Waals surface area (Å²) in [5.74, 6) is -0.156. The van der Waals surface area contributed by atoms with Gasteiger partial charge in [0.15, 0.2) is 0 Å². The van der Waals surface area contributed by atoms with Gasteiger partial charge in [0.1, 0.15) is 11.1 Å². The maximum Gasteiger partial charge on any atom is 0.303 e. The number of hydrogen-bond acceptors (Lipinski definition) is 4. The van der Waals surface area contributed by atoms with Crippen LogP contribution in [0.1, 0.15) is 43.0 Å². The van der Waals surface area contributed by atoms with E-state index >= 15 is 0 Å². The fraction of sp³-hybridized carbons (Fsp3) is 0.667. The first kappa shape index (κ1) is 12.5. The van der Waals surface area contributed by atoms with Crippen LogP contribution in [0, 0.1) is 5.92 Å². The topological polar surface area (TPSA) is 59.4 Å². The van der Waals surface area contributed by atoms with E-state index in [1.807, 2.05) is 12.3 Å². The molecule has 0 aliphatic heterocycles. The Morgan fingerprint density at radius 3 is 3.06 bits per heavy atom. The van der Waals surface area contributed by atoms with Gasteiger partial charge >= 0.3 is 5.97 Å². The number of aryl methyl sites for hydroxylation is 1. The van der Waals surface area contributed by atoms with Gasteiger partial charge in [0.05, 0.1) is 12.1 Å². The Bertz CT molecular complexity index is 387. The van der Waals surface area contributed by atoms with E-state index in [4.69, 9.17) is 9.84 Å². The van der Waals surface area contributed by atoms with Crippen LogP contribution in [-0.2, 0) is 16.0 Å². The molecule has 1 atom stereocenters. The fourth-order valence-corrected chi connectivity index (χ4v) is 2.78. The van der Waals surface area contributed by atoms with Crippen LogP contribution in [0.4, 0.5) is 0 Å². The van der Waals surface area contributed by atoms with Gasteiger partial charge in [-0.1, -0.05) is 0 Å². The number of thiazole rings is 1. The van der Waals surface area contributed by atoms with Crippen LogP contribution in [0.2, 0.25) is 0 Å². The Balaban J connectivity index is 1.97. The monoisotopic (exact) mass is 255 g/mol. The van der Waals surface area contributed by atoms with Gasteiger partial charge in [0.2, 0.25) is 0 Å². The van der Waals surface area contributed by atoms with E-state index in [0.29, 0.717) is 18.9 Å². The number of aliphatic carboxylic acids is 1. The van der Waals surface area contributed by atoms with Gasteiger partial charge in [-0.15, -0.1) is 11.3 Å². The van der Waals surface area contributed by atoms with Gasteiger partial charge < -0.3 is 9.84 Å². The molecular weight excluding hydrogens is 238 g/mol. The first-order valence-corrected chi connectivity index (χ1v) is 6.86. The van der Waals surface area contributed by atoms with E-state index in [-0.39, 0.29) is 12.5 Å². The van der Waals surface area contributed by atoms with E-state index in [1.165, 1.54) is 12.8 Å². The Labute approximate surface area is 105 Å². The van der Waals surface area contributed by atoms with Crippen molar-refractivity contribution in [2.24, 2.45) is 5.92 Å². The number of aromatic nitrogens is 1. The zero-order valence-electron chi connectivity index (χ0n) is 9.89. The SMILES string of the molecule is CCOC(c1nc(CCC(=O)O)cs1)C1CC1. The van der Waals surface area contributed by atoms with Crippen molar-refractivity contribution in [2.45, 2.75) is 38.7 Å². The van der Waals surface area contributed by atoms with Gasteiger partial charge in [-0.05, 0) is 25.7 Å². The van der Waals surface area contributed by atoms with Crippen molar-refractivity contribution in [2.75, 3.05) is 6.61 Å². The lowest BCUT2D eigenvalue weighted by molar-refractivity contribution is -0.136. The summed E-state index contributed by atoms with van der Waals surface area (Å²) in [6.45, 7) is 2.69. The van der Waals surface area contributed by atoms with Crippen molar-refractivity contribution in [1.82, 2.24) is 4.98 Å². The molecule has 2 rings (SSSR count). The number of carboxylic acids is 1. The summed E-state index contributed by atoms with van der Waals surface area (Å²) in [7, 11) is 0. The minimum atomic E-state index is -0.775. The van der Waals surface area contributed by atoms with E-state index < -0.39 is 5.97 Å². The minimum absolute atomic E-state index is 0.128. The zero-order valence-corrected chi connectivity index (χ0v) is 10.7. The van der Waals surface area contributed by atoms with Crippen LogP contribution in [0.3, 0.4) is 0 Å². The average Bonchev–Trinajstić information content (AvgIpc) is 3.02. The van der Waals surface area contributed by atoms with Gasteiger partial charge in [-0.3, -0.25) is 4.79 Å². The van der Waals surface area contributed by atoms with Crippen LogP contribution in [0.5, 0.6) is 0 Å². The predicted octanol–water partition coefficient (Wildman–Crippen LogP) is 2.65. The molecule has 1 aliphatic rings. The molecule has 4 nitrogen and oxygen atoms in total. The molecule has 0 saturated heterocycles. The molecule has 1 saturated carbocycles. The maximum absolute atomic E-state index is 10.5. The molecule has 94 valence electrons. The van der Waals surface area contributed by atoms with Crippen LogP contribution < -0.4 is 0 Å². The van der Waals surface area contributed by atoms with Crippen LogP contribution in [0.15, 0.2) is 5.38 Å². The molecular formula is C12H17NO3S. The normalized spacial score (nSPS) is 17.0. The molecule has 0 bridgehead atoms. The lowest BCUT2D eigenvalue weighted by Crippen LogP contribution is -2.06. The quantitative estimate of drug-likeness (QED) is 0.813. The summed E-state index contributed by atoms with van der Waals surface area (Å²) < 4.78 is 5.72. The third kappa shape index (κ3) is 3.51. The van der Waals surface area contributed by atoms with Gasteiger partial charge in [-0.2, -0.15) is 0 Å². The average molecular weight is 255 g/mol. The number of hydrogen-bond donors (Lipinski definition) is 1. The summed E-state index contributed by atoms with van der Waals surface area (Å²) in [6.07, 6.45) is 3.22. The number of rotatable bonds is 7. The number of carbonyl (C=O) groups is 1. The fourth-order valence-electron chi connectivity index (χ4n) is 1.79. The summed E-state index contributed by atoms with van der Waals surface area (Å²) in [5, 5.41) is 11.6. The molecule has 1 heterocycles. The second-order valence-corrected chi connectivity index (χ2v) is 5.17. The summed E-state index contributed by atoms with van der Waals surface area (Å²) in [6, 6.07) is 0. The highest BCUT2D eigenvalue weighted by molar-refractivity contribution is 7.09. The molecule has 1 fully saturated rings. The largest absolute Gasteiger partial charge is 0.481 e. The maximum atomic E-state index is 10.5. The summed E-state index contributed by atoms with van der Waals surface area (Å²) in [5.41, 5.74) is 0.873. The van der Waals surface area contributed by atoms with Crippen LogP contribution >= 0.6 is 11.3 Å². The molecule has 0 spiro atoms. The van der Waals surface area contributed by atoms with E-state index in [2.05, 4.69) is 4.98 Å². The van der Waals surface area contributed by atoms with Crippen LogP contribution in [-0.4, -0.2) is 22.7 Å². The van der Waals surface area contributed by atoms with Gasteiger partial charge in [0, 0.05) is 18.4 Å². The number of ether oxygens (including phenoxy) is 1. The molecule has 17 heavy (non-hydrogen) atoms. The molecule has 0 amide bonds. The molecule has 1 aliphatic carbocycles. The Hall–Kier alpha value is -0.940. The second kappa shape index (κ2) is 5.60. The first-order chi connectivity index (χ1) is 8.20. The van der Waals surface area contributed by atoms with Gasteiger partial charge in [-0.25, -0.2) is 4.98 Å². The minimum Gasteiger partial charge on any atom is -0.481 e. The Morgan fingerprint density at radius 1 is 1.71 bits per heavy atom. The highest BCUT2D eigenvalue weighted by Gasteiger charge is 2.34. The lowest BCUT2D eigenvalue weighted by atomic mass is 10.2. The molecule has 1 aromatic rings. The van der Waals surface area contributed by atoms with Crippen molar-refractivity contribution >= 4 is 17.3 Å². The van der Waals surface area contributed by atoms with Crippen molar-refractivity contribution in [1.29, 1.82) is 0 Å². The Morgan fingerprint density at radius 2 is 2.47 bits per heavy atom. The number of carboxylic acid groups (broad SMARTS) is 1. The van der Waals surface area contributed by atoms with Crippen molar-refractivity contribution in [3.63, 3.8) is 0 Å². The van der Waals surface area contributed by atoms with E-state index in [9.17, 15) is 4.79 Å². The van der Waals surface area contributed by atoms with E-state index in [0.717, 1.165) is 10.7 Å². The highest BCUT2D eigenvalue weighted by atomic mass is 32.1. The molecule has 0 aromatic carbocycles. The molecule has 5 heteroatoms. The second-order valence-electron chi connectivity index (χ2n) is 4.28. The van der Waals surface area contributed by atoms with Crippen molar-refractivity contribution in [3.8, 4) is 0 Å². The highest BCUT2D eigenvalue weighted by Crippen LogP contribution is 2.44. The lowest BCUT2D eigenvalue weighted by Gasteiger charge is -2.12. The first-order valence-electron chi connectivity index (χ1n) is 5.98. The number of nitrogens with zero attached hydrogens (tertiary/aromatic N) is 1.